The topological polar surface area (TPSA) is 146 Å². The van der Waals surface area contributed by atoms with Gasteiger partial charge in [0.25, 0.3) is 16.0 Å². The molecule has 1 aliphatic carbocycles. The van der Waals surface area contributed by atoms with E-state index in [9.17, 15) is 28.0 Å². The van der Waals surface area contributed by atoms with Crippen molar-refractivity contribution in [2.24, 2.45) is 11.1 Å². The second-order valence-corrected chi connectivity index (χ2v) is 8.27. The van der Waals surface area contributed by atoms with Crippen LogP contribution in [0.25, 0.3) is 6.08 Å². The number of allylic oxidation sites excluding steroid dienone is 2. The molecule has 10 heteroatoms. The zero-order valence-electron chi connectivity index (χ0n) is 15.5. The summed E-state index contributed by atoms with van der Waals surface area (Å²) in [5.41, 5.74) is 1.40. The molecule has 1 aromatic carbocycles. The third kappa shape index (κ3) is 4.66. The van der Waals surface area contributed by atoms with Crippen LogP contribution < -0.4 is 5.32 Å². The van der Waals surface area contributed by atoms with Crippen molar-refractivity contribution in [2.75, 3.05) is 0 Å². The molecule has 0 saturated carbocycles. The van der Waals surface area contributed by atoms with Gasteiger partial charge in [-0.15, -0.1) is 0 Å². The summed E-state index contributed by atoms with van der Waals surface area (Å²) in [6, 6.07) is 1.14. The Morgan fingerprint density at radius 3 is 2.79 bits per heavy atom. The molecule has 0 radical (unpaired) electrons. The van der Waals surface area contributed by atoms with Crippen LogP contribution in [-0.2, 0) is 26.2 Å². The van der Waals surface area contributed by atoms with E-state index in [1.807, 2.05) is 6.92 Å². The van der Waals surface area contributed by atoms with Gasteiger partial charge in [0.1, 0.15) is 11.2 Å². The van der Waals surface area contributed by atoms with Gasteiger partial charge in [-0.2, -0.15) is 8.42 Å². The van der Waals surface area contributed by atoms with Crippen LogP contribution in [0.4, 0.5) is 0 Å². The van der Waals surface area contributed by atoms with E-state index >= 15 is 0 Å². The highest BCUT2D eigenvalue weighted by atomic mass is 32.2. The number of fused-ring (bicyclic) bond motifs is 1. The molecule has 154 valence electrons. The summed E-state index contributed by atoms with van der Waals surface area (Å²) in [4.78, 5) is 16.5. The van der Waals surface area contributed by atoms with Gasteiger partial charge < -0.3 is 20.4 Å². The molecule has 3 rings (SSSR count). The predicted octanol–water partition coefficient (Wildman–Crippen LogP) is 2.23. The number of aromatic hydroxyl groups is 2. The van der Waals surface area contributed by atoms with Crippen molar-refractivity contribution >= 4 is 28.3 Å². The minimum atomic E-state index is -4.72. The number of phenols is 2. The first-order valence-corrected chi connectivity index (χ1v) is 10.2. The smallest absolute Gasteiger partial charge is 0.298 e. The van der Waals surface area contributed by atoms with Gasteiger partial charge >= 0.3 is 0 Å². The van der Waals surface area contributed by atoms with Crippen LogP contribution in [0.5, 0.6) is 11.5 Å². The summed E-state index contributed by atoms with van der Waals surface area (Å²) in [5, 5.41) is 26.8. The number of carbonyl (C=O) groups excluding carboxylic acids is 1. The Hall–Kier alpha value is -3.11. The standard InChI is InChI=1S/C19H20N2O7S/c1-11-2-3-14(21-19(24)12-4-6-20-28-7-5-12)10-15-13(8-11)9-16(29(25,26)27)18(23)17(15)22/h4-7,9-11,22-23H,2-3,8H2,1H3,(H,21,24)(H,25,26,27)/b14-10+. The maximum atomic E-state index is 12.5. The average Bonchev–Trinajstić information content (AvgIpc) is 2.92. The van der Waals surface area contributed by atoms with Gasteiger partial charge in [-0.25, -0.2) is 0 Å². The SMILES string of the molecule is CC1CC/C(NC(=O)C2=CC=NOC=C2)=C\c2c(cc(S(=O)(=O)O)c(O)c2O)C1. The second kappa shape index (κ2) is 8.10. The largest absolute Gasteiger partial charge is 0.504 e. The van der Waals surface area contributed by atoms with Crippen LogP contribution in [0.2, 0.25) is 0 Å². The normalized spacial score (nSPS) is 20.8. The molecular weight excluding hydrogens is 400 g/mol. The number of nitrogens with one attached hydrogen (secondary N) is 1. The van der Waals surface area contributed by atoms with Crippen molar-refractivity contribution in [1.29, 1.82) is 0 Å². The Kier molecular flexibility index (Phi) is 5.76. The molecule has 29 heavy (non-hydrogen) atoms. The number of benzene rings is 1. The lowest BCUT2D eigenvalue weighted by Crippen LogP contribution is -2.25. The lowest BCUT2D eigenvalue weighted by molar-refractivity contribution is -0.116. The molecule has 1 aliphatic heterocycles. The zero-order chi connectivity index (χ0) is 21.2. The Labute approximate surface area is 167 Å². The van der Waals surface area contributed by atoms with E-state index in [1.165, 1.54) is 30.7 Å². The summed E-state index contributed by atoms with van der Waals surface area (Å²) in [6.45, 7) is 1.94. The Bertz CT molecular complexity index is 1070. The molecule has 1 atom stereocenters. The van der Waals surface area contributed by atoms with E-state index in [4.69, 9.17) is 4.84 Å². The molecule has 0 aromatic heterocycles. The molecule has 0 fully saturated rings. The molecule has 2 aliphatic rings. The molecule has 1 unspecified atom stereocenters. The Morgan fingerprint density at radius 1 is 1.31 bits per heavy atom. The summed E-state index contributed by atoms with van der Waals surface area (Å²) in [7, 11) is -4.72. The molecule has 4 N–H and O–H groups in total. The quantitative estimate of drug-likeness (QED) is 0.433. The molecule has 1 aromatic rings. The molecule has 9 nitrogen and oxygen atoms in total. The fourth-order valence-corrected chi connectivity index (χ4v) is 3.79. The molecule has 0 bridgehead atoms. The molecular formula is C19H20N2O7S. The van der Waals surface area contributed by atoms with Crippen molar-refractivity contribution < 1.29 is 32.8 Å². The first-order chi connectivity index (χ1) is 13.7. The maximum Gasteiger partial charge on any atom is 0.298 e. The van der Waals surface area contributed by atoms with Gasteiger partial charge in [0, 0.05) is 16.8 Å². The number of rotatable bonds is 3. The summed E-state index contributed by atoms with van der Waals surface area (Å²) >= 11 is 0. The van der Waals surface area contributed by atoms with Crippen LogP contribution >= 0.6 is 0 Å². The van der Waals surface area contributed by atoms with Crippen LogP contribution in [0.3, 0.4) is 0 Å². The van der Waals surface area contributed by atoms with Crippen molar-refractivity contribution in [2.45, 2.75) is 31.1 Å². The number of amides is 1. The monoisotopic (exact) mass is 420 g/mol. The van der Waals surface area contributed by atoms with E-state index in [1.54, 1.807) is 0 Å². The van der Waals surface area contributed by atoms with Crippen LogP contribution in [0, 0.1) is 5.92 Å². The van der Waals surface area contributed by atoms with Crippen molar-refractivity contribution in [3.05, 3.63) is 46.9 Å². The Morgan fingerprint density at radius 2 is 2.07 bits per heavy atom. The van der Waals surface area contributed by atoms with Gasteiger partial charge in [-0.1, -0.05) is 12.1 Å². The highest BCUT2D eigenvalue weighted by Gasteiger charge is 2.26. The van der Waals surface area contributed by atoms with Crippen LogP contribution in [-0.4, -0.2) is 35.3 Å². The van der Waals surface area contributed by atoms with Crippen molar-refractivity contribution in [3.63, 3.8) is 0 Å². The molecule has 1 heterocycles. The zero-order valence-corrected chi connectivity index (χ0v) is 16.3. The first kappa shape index (κ1) is 20.6. The van der Waals surface area contributed by atoms with Gasteiger partial charge in [0.2, 0.25) is 0 Å². The fraction of sp³-hybridized carbons (Fsp3) is 0.263. The van der Waals surface area contributed by atoms with Crippen LogP contribution in [0.15, 0.2) is 45.8 Å². The van der Waals surface area contributed by atoms with E-state index < -0.39 is 32.4 Å². The average molecular weight is 420 g/mol. The Balaban J connectivity index is 2.03. The van der Waals surface area contributed by atoms with Gasteiger partial charge in [-0.3, -0.25) is 9.35 Å². The highest BCUT2D eigenvalue weighted by Crippen LogP contribution is 2.41. The predicted molar refractivity (Wildman–Crippen MR) is 105 cm³/mol. The minimum absolute atomic E-state index is 0.0880. The number of carbonyl (C=O) groups is 1. The van der Waals surface area contributed by atoms with E-state index in [2.05, 4.69) is 10.5 Å². The second-order valence-electron chi connectivity index (χ2n) is 6.88. The van der Waals surface area contributed by atoms with E-state index in [0.717, 1.165) is 6.07 Å². The molecule has 1 amide bonds. The first-order valence-electron chi connectivity index (χ1n) is 8.80. The summed E-state index contributed by atoms with van der Waals surface area (Å²) in [5.74, 6) is -1.95. The lowest BCUT2D eigenvalue weighted by Gasteiger charge is -2.21. The number of nitrogens with zero attached hydrogens (tertiary/aromatic N) is 1. The van der Waals surface area contributed by atoms with Crippen LogP contribution in [0.1, 0.15) is 30.9 Å². The molecule has 0 saturated heterocycles. The summed E-state index contributed by atoms with van der Waals surface area (Å²) < 4.78 is 32.4. The molecule has 0 spiro atoms. The third-order valence-electron chi connectivity index (χ3n) is 4.66. The fourth-order valence-electron chi connectivity index (χ4n) is 3.16. The van der Waals surface area contributed by atoms with Crippen molar-refractivity contribution in [1.82, 2.24) is 5.32 Å². The highest BCUT2D eigenvalue weighted by molar-refractivity contribution is 7.86. The van der Waals surface area contributed by atoms with Gasteiger partial charge in [0.05, 0.1) is 6.21 Å². The number of hydrogen-bond donors (Lipinski definition) is 4. The minimum Gasteiger partial charge on any atom is -0.504 e. The van der Waals surface area contributed by atoms with Gasteiger partial charge in [0.15, 0.2) is 11.5 Å². The van der Waals surface area contributed by atoms with Crippen molar-refractivity contribution in [3.8, 4) is 11.5 Å². The lowest BCUT2D eigenvalue weighted by atomic mass is 9.89. The number of phenolic OH excluding ortho intramolecular Hbond substituents is 2. The maximum absolute atomic E-state index is 12.5. The summed E-state index contributed by atoms with van der Waals surface area (Å²) in [6.07, 6.45) is 8.62. The number of hydrogen-bond acceptors (Lipinski definition) is 7. The van der Waals surface area contributed by atoms with E-state index in [-0.39, 0.29) is 11.5 Å². The van der Waals surface area contributed by atoms with E-state index in [0.29, 0.717) is 36.1 Å². The number of oxime groups is 1. The van der Waals surface area contributed by atoms with Gasteiger partial charge in [-0.05, 0) is 55.0 Å². The third-order valence-corrected chi connectivity index (χ3v) is 5.52.